The van der Waals surface area contributed by atoms with Crippen molar-refractivity contribution in [3.8, 4) is 0 Å². The molecule has 0 unspecified atom stereocenters. The van der Waals surface area contributed by atoms with Crippen LogP contribution in [0.5, 0.6) is 0 Å². The number of rotatable bonds is 6. The van der Waals surface area contributed by atoms with Crippen LogP contribution in [0.15, 0.2) is 77.7 Å². The van der Waals surface area contributed by atoms with E-state index in [9.17, 15) is 18.0 Å². The quantitative estimate of drug-likeness (QED) is 0.398. The predicted octanol–water partition coefficient (Wildman–Crippen LogP) is 3.80. The molecule has 1 saturated heterocycles. The molecule has 1 N–H and O–H groups in total. The highest BCUT2D eigenvalue weighted by Gasteiger charge is 2.26. The zero-order chi connectivity index (χ0) is 24.4. The van der Waals surface area contributed by atoms with Gasteiger partial charge < -0.3 is 4.74 Å². The van der Waals surface area contributed by atoms with Crippen molar-refractivity contribution in [1.82, 2.24) is 9.29 Å². The zero-order valence-electron chi connectivity index (χ0n) is 18.5. The minimum atomic E-state index is -3.62. The summed E-state index contributed by atoms with van der Waals surface area (Å²) in [6.07, 6.45) is 0. The zero-order valence-corrected chi connectivity index (χ0v) is 20.1. The third kappa shape index (κ3) is 4.87. The van der Waals surface area contributed by atoms with E-state index in [-0.39, 0.29) is 16.6 Å². The Morgan fingerprint density at radius 3 is 2.26 bits per heavy atom. The molecule has 0 saturated carbocycles. The summed E-state index contributed by atoms with van der Waals surface area (Å²) in [7, 11) is -3.62. The van der Waals surface area contributed by atoms with E-state index in [1.807, 2.05) is 6.07 Å². The number of carbonyl (C=O) groups excluding carboxylic acids is 2. The van der Waals surface area contributed by atoms with Crippen molar-refractivity contribution in [2.45, 2.75) is 4.90 Å². The van der Waals surface area contributed by atoms with E-state index in [0.29, 0.717) is 58.3 Å². The van der Waals surface area contributed by atoms with Gasteiger partial charge in [0.1, 0.15) is 0 Å². The lowest BCUT2D eigenvalue weighted by molar-refractivity contribution is 0.0730. The molecular weight excluding hydrogens is 486 g/mol. The predicted molar refractivity (Wildman–Crippen MR) is 133 cm³/mol. The highest BCUT2D eigenvalue weighted by Crippen LogP contribution is 2.30. The molecule has 0 radical (unpaired) electrons. The number of amides is 1. The molecule has 1 fully saturated rings. The number of fused-ring (bicyclic) bond motifs is 1. The van der Waals surface area contributed by atoms with Crippen LogP contribution in [0, 0.1) is 0 Å². The monoisotopic (exact) mass is 507 g/mol. The van der Waals surface area contributed by atoms with E-state index in [1.165, 1.54) is 21.7 Å². The SMILES string of the molecule is O=C(Nc1nc2ccc(S(=O)(=O)N3CCOCC3)cc2s1)c1ccc(C(=O)c2ccccc2)cc1. The van der Waals surface area contributed by atoms with Crippen LogP contribution in [-0.4, -0.2) is 55.7 Å². The van der Waals surface area contributed by atoms with Crippen LogP contribution in [0.1, 0.15) is 26.3 Å². The van der Waals surface area contributed by atoms with Crippen LogP contribution in [0.2, 0.25) is 0 Å². The Balaban J connectivity index is 1.31. The second-order valence-corrected chi connectivity index (χ2v) is 10.9. The van der Waals surface area contributed by atoms with E-state index in [4.69, 9.17) is 4.74 Å². The van der Waals surface area contributed by atoms with E-state index >= 15 is 0 Å². The van der Waals surface area contributed by atoms with Gasteiger partial charge in [-0.05, 0) is 30.3 Å². The van der Waals surface area contributed by atoms with Gasteiger partial charge in [-0.1, -0.05) is 53.8 Å². The summed E-state index contributed by atoms with van der Waals surface area (Å²) >= 11 is 1.20. The van der Waals surface area contributed by atoms with Crippen molar-refractivity contribution in [1.29, 1.82) is 0 Å². The summed E-state index contributed by atoms with van der Waals surface area (Å²) in [6.45, 7) is 1.39. The van der Waals surface area contributed by atoms with E-state index in [1.54, 1.807) is 60.7 Å². The highest BCUT2D eigenvalue weighted by atomic mass is 32.2. The maximum absolute atomic E-state index is 12.9. The Kier molecular flexibility index (Phi) is 6.44. The van der Waals surface area contributed by atoms with Gasteiger partial charge in [-0.2, -0.15) is 4.31 Å². The average Bonchev–Trinajstić information content (AvgIpc) is 3.31. The van der Waals surface area contributed by atoms with Gasteiger partial charge in [0.05, 0.1) is 28.3 Å². The van der Waals surface area contributed by atoms with Crippen molar-refractivity contribution in [2.24, 2.45) is 0 Å². The molecule has 2 heterocycles. The molecule has 35 heavy (non-hydrogen) atoms. The van der Waals surface area contributed by atoms with Crippen molar-refractivity contribution in [3.63, 3.8) is 0 Å². The molecule has 4 aromatic rings. The van der Waals surface area contributed by atoms with Crippen molar-refractivity contribution < 1.29 is 22.7 Å². The third-order valence-corrected chi connectivity index (χ3v) is 8.46. The third-order valence-electron chi connectivity index (χ3n) is 5.63. The minimum Gasteiger partial charge on any atom is -0.379 e. The molecule has 0 aliphatic carbocycles. The number of hydrogen-bond acceptors (Lipinski definition) is 7. The van der Waals surface area contributed by atoms with Crippen molar-refractivity contribution in [2.75, 3.05) is 31.6 Å². The molecule has 0 bridgehead atoms. The Labute approximate surface area is 206 Å². The van der Waals surface area contributed by atoms with Crippen LogP contribution in [0.3, 0.4) is 0 Å². The second kappa shape index (κ2) is 9.67. The number of thiazole rings is 1. The minimum absolute atomic E-state index is 0.119. The lowest BCUT2D eigenvalue weighted by Gasteiger charge is -2.25. The van der Waals surface area contributed by atoms with E-state index in [0.717, 1.165) is 0 Å². The molecule has 10 heteroatoms. The number of carbonyl (C=O) groups is 2. The molecule has 0 atom stereocenters. The van der Waals surface area contributed by atoms with Crippen LogP contribution in [-0.2, 0) is 14.8 Å². The topological polar surface area (TPSA) is 106 Å². The normalized spacial score (nSPS) is 14.6. The number of nitrogens with one attached hydrogen (secondary N) is 1. The molecule has 1 aliphatic heterocycles. The summed E-state index contributed by atoms with van der Waals surface area (Å²) in [5.41, 5.74) is 2.04. The smallest absolute Gasteiger partial charge is 0.257 e. The molecule has 1 aliphatic rings. The summed E-state index contributed by atoms with van der Waals surface area (Å²) < 4.78 is 33.2. The van der Waals surface area contributed by atoms with Gasteiger partial charge in [0.2, 0.25) is 10.0 Å². The number of ether oxygens (including phenoxy) is 1. The van der Waals surface area contributed by atoms with Crippen LogP contribution in [0.4, 0.5) is 5.13 Å². The van der Waals surface area contributed by atoms with Crippen molar-refractivity contribution >= 4 is 48.4 Å². The standard InChI is InChI=1S/C25H21N3O5S2/c29-23(17-4-2-1-3-5-17)18-6-8-19(9-7-18)24(30)27-25-26-21-11-10-20(16-22(21)34-25)35(31,32)28-12-14-33-15-13-28/h1-11,16H,12-15H2,(H,26,27,30). The van der Waals surface area contributed by atoms with Gasteiger partial charge in [-0.15, -0.1) is 0 Å². The summed E-state index contributed by atoms with van der Waals surface area (Å²) in [4.78, 5) is 29.9. The highest BCUT2D eigenvalue weighted by molar-refractivity contribution is 7.89. The molecule has 1 aromatic heterocycles. The Bertz CT molecular complexity index is 1490. The number of ketones is 1. The number of morpholine rings is 1. The lowest BCUT2D eigenvalue weighted by Crippen LogP contribution is -2.40. The molecule has 178 valence electrons. The first kappa shape index (κ1) is 23.3. The second-order valence-electron chi connectivity index (χ2n) is 7.89. The largest absolute Gasteiger partial charge is 0.379 e. The van der Waals surface area contributed by atoms with E-state index in [2.05, 4.69) is 10.3 Å². The summed E-state index contributed by atoms with van der Waals surface area (Å²) in [5, 5.41) is 3.11. The fourth-order valence-corrected chi connectivity index (χ4v) is 6.16. The number of hydrogen-bond donors (Lipinski definition) is 1. The van der Waals surface area contributed by atoms with Crippen LogP contribution < -0.4 is 5.32 Å². The summed E-state index contributed by atoms with van der Waals surface area (Å²) in [6, 6.07) is 20.1. The number of anilines is 1. The maximum atomic E-state index is 12.9. The molecular formula is C25H21N3O5S2. The first-order valence-electron chi connectivity index (χ1n) is 10.9. The van der Waals surface area contributed by atoms with Gasteiger partial charge in [0, 0.05) is 29.8 Å². The number of benzene rings is 3. The first-order valence-corrected chi connectivity index (χ1v) is 13.2. The molecule has 3 aromatic carbocycles. The number of nitrogens with zero attached hydrogens (tertiary/aromatic N) is 2. The van der Waals surface area contributed by atoms with Gasteiger partial charge in [-0.25, -0.2) is 13.4 Å². The first-order chi connectivity index (χ1) is 16.9. The van der Waals surface area contributed by atoms with Gasteiger partial charge >= 0.3 is 0 Å². The van der Waals surface area contributed by atoms with Crippen molar-refractivity contribution in [3.05, 3.63) is 89.5 Å². The molecule has 5 rings (SSSR count). The van der Waals surface area contributed by atoms with Crippen LogP contribution >= 0.6 is 11.3 Å². The molecule has 8 nitrogen and oxygen atoms in total. The fourth-order valence-electron chi connectivity index (χ4n) is 3.75. The Hall–Kier alpha value is -3.44. The van der Waals surface area contributed by atoms with Gasteiger partial charge in [-0.3, -0.25) is 14.9 Å². The Morgan fingerprint density at radius 2 is 1.54 bits per heavy atom. The summed E-state index contributed by atoms with van der Waals surface area (Å²) in [5.74, 6) is -0.490. The number of aromatic nitrogens is 1. The van der Waals surface area contributed by atoms with Gasteiger partial charge in [0.25, 0.3) is 5.91 Å². The molecule has 0 spiro atoms. The van der Waals surface area contributed by atoms with Crippen LogP contribution in [0.25, 0.3) is 10.2 Å². The number of sulfonamides is 1. The molecule has 1 amide bonds. The van der Waals surface area contributed by atoms with E-state index < -0.39 is 10.0 Å². The van der Waals surface area contributed by atoms with Gasteiger partial charge in [0.15, 0.2) is 10.9 Å². The maximum Gasteiger partial charge on any atom is 0.257 e. The fraction of sp³-hybridized carbons (Fsp3) is 0.160. The Morgan fingerprint density at radius 1 is 0.886 bits per heavy atom. The average molecular weight is 508 g/mol. The lowest BCUT2D eigenvalue weighted by atomic mass is 10.0.